The minimum absolute atomic E-state index is 0.00131. The monoisotopic (exact) mass is 312 g/mol. The van der Waals surface area contributed by atoms with Crippen LogP contribution in [-0.2, 0) is 6.42 Å². The highest BCUT2D eigenvalue weighted by atomic mass is 19.3. The number of unbranched alkanes of at least 4 members (excludes halogenated alkanes) is 1. The van der Waals surface area contributed by atoms with Crippen LogP contribution in [0.1, 0.15) is 62.5 Å². The van der Waals surface area contributed by atoms with E-state index in [-0.39, 0.29) is 24.6 Å². The Morgan fingerprint density at radius 3 is 2.73 bits per heavy atom. The van der Waals surface area contributed by atoms with Gasteiger partial charge in [0.15, 0.2) is 0 Å². The van der Waals surface area contributed by atoms with Gasteiger partial charge in [0.05, 0.1) is 0 Å². The van der Waals surface area contributed by atoms with Crippen molar-refractivity contribution < 1.29 is 23.4 Å². The fourth-order valence-electron chi connectivity index (χ4n) is 2.99. The Labute approximate surface area is 128 Å². The second-order valence-corrected chi connectivity index (χ2v) is 5.77. The molecule has 0 aromatic carbocycles. The zero-order valence-electron chi connectivity index (χ0n) is 12.6. The predicted molar refractivity (Wildman–Crippen MR) is 75.0 cm³/mol. The molecule has 1 fully saturated rings. The Hall–Kier alpha value is -1.72. The van der Waals surface area contributed by atoms with E-state index in [9.17, 15) is 18.7 Å². The summed E-state index contributed by atoms with van der Waals surface area (Å²) < 4.78 is 31.3. The van der Waals surface area contributed by atoms with Crippen molar-refractivity contribution in [2.24, 2.45) is 0 Å². The highest BCUT2D eigenvalue weighted by molar-refractivity contribution is 5.59. The Morgan fingerprint density at radius 1 is 1.45 bits per heavy atom. The van der Waals surface area contributed by atoms with Gasteiger partial charge < -0.3 is 14.6 Å². The summed E-state index contributed by atoms with van der Waals surface area (Å²) in [6, 6.07) is 1.79. The predicted octanol–water partition coefficient (Wildman–Crippen LogP) is 3.44. The number of carbonyl (C=O) groups is 1. The minimum atomic E-state index is -2.59. The molecule has 1 heterocycles. The fraction of sp³-hybridized carbons (Fsp3) is 0.625. The molecule has 1 aliphatic carbocycles. The van der Waals surface area contributed by atoms with E-state index in [0.29, 0.717) is 24.8 Å². The van der Waals surface area contributed by atoms with Crippen LogP contribution in [0.5, 0.6) is 5.88 Å². The fourth-order valence-corrected chi connectivity index (χ4v) is 2.99. The van der Waals surface area contributed by atoms with E-state index in [1.54, 1.807) is 6.07 Å². The Morgan fingerprint density at radius 2 is 2.14 bits per heavy atom. The van der Waals surface area contributed by atoms with Crippen LogP contribution in [0, 0.1) is 0 Å². The zero-order valence-corrected chi connectivity index (χ0v) is 12.6. The van der Waals surface area contributed by atoms with Crippen LogP contribution >= 0.6 is 0 Å². The molecule has 6 heteroatoms. The molecule has 122 valence electrons. The molecule has 0 saturated heterocycles. The van der Waals surface area contributed by atoms with E-state index in [2.05, 4.69) is 9.72 Å². The van der Waals surface area contributed by atoms with Crippen molar-refractivity contribution in [3.05, 3.63) is 23.4 Å². The molecule has 0 atom stereocenters. The van der Waals surface area contributed by atoms with Crippen LogP contribution in [0.4, 0.5) is 13.6 Å². The summed E-state index contributed by atoms with van der Waals surface area (Å²) in [5.74, 6) is -2.56. The molecule has 1 saturated carbocycles. The lowest BCUT2D eigenvalue weighted by atomic mass is 9.80. The summed E-state index contributed by atoms with van der Waals surface area (Å²) in [6.45, 7) is 2.02. The van der Waals surface area contributed by atoms with E-state index >= 15 is 0 Å². The molecule has 0 spiro atoms. The van der Waals surface area contributed by atoms with Crippen molar-refractivity contribution >= 4 is 6.16 Å². The Kier molecular flexibility index (Phi) is 5.32. The molecular weight excluding hydrogens is 292 g/mol. The minimum Gasteiger partial charge on any atom is -0.496 e. The van der Waals surface area contributed by atoms with Gasteiger partial charge in [-0.2, -0.15) is 0 Å². The van der Waals surface area contributed by atoms with Gasteiger partial charge in [-0.1, -0.05) is 13.3 Å². The maximum absolute atomic E-state index is 13.3. The van der Waals surface area contributed by atoms with E-state index < -0.39 is 12.1 Å². The maximum Gasteiger partial charge on any atom is 0.258 e. The lowest BCUT2D eigenvalue weighted by molar-refractivity contribution is -0.271. The van der Waals surface area contributed by atoms with E-state index in [0.717, 1.165) is 18.4 Å². The van der Waals surface area contributed by atoms with E-state index in [4.69, 9.17) is 0 Å². The van der Waals surface area contributed by atoms with Gasteiger partial charge in [0.1, 0.15) is 5.88 Å². The standard InChI is InChI=1S/C16H21F2NO3/c1-2-3-4-13-12(7-10-19-14(13)22-15(20)21)11-5-8-16(17,18)9-6-11/h7,10-11H,2-6,8-9H2,1H3,(H,20,21)/p-1. The number of ether oxygens (including phenoxy) is 1. The first-order chi connectivity index (χ1) is 10.4. The molecule has 0 bridgehead atoms. The number of carbonyl (C=O) groups excluding carboxylic acids is 1. The highest BCUT2D eigenvalue weighted by Gasteiger charge is 2.36. The third-order valence-electron chi connectivity index (χ3n) is 4.17. The first-order valence-corrected chi connectivity index (χ1v) is 7.67. The van der Waals surface area contributed by atoms with Crippen molar-refractivity contribution in [2.45, 2.75) is 63.7 Å². The number of pyridine rings is 1. The summed E-state index contributed by atoms with van der Waals surface area (Å²) >= 11 is 0. The van der Waals surface area contributed by atoms with Crippen molar-refractivity contribution in [2.75, 3.05) is 0 Å². The number of alkyl halides is 2. The molecule has 4 nitrogen and oxygen atoms in total. The van der Waals surface area contributed by atoms with Gasteiger partial charge in [-0.05, 0) is 48.8 Å². The van der Waals surface area contributed by atoms with Gasteiger partial charge in [0.2, 0.25) is 5.92 Å². The smallest absolute Gasteiger partial charge is 0.258 e. The quantitative estimate of drug-likeness (QED) is 0.781. The molecule has 22 heavy (non-hydrogen) atoms. The van der Waals surface area contributed by atoms with Crippen molar-refractivity contribution in [3.63, 3.8) is 0 Å². The molecule has 1 aliphatic rings. The number of nitrogens with zero attached hydrogens (tertiary/aromatic N) is 1. The van der Waals surface area contributed by atoms with Gasteiger partial charge in [-0.25, -0.2) is 13.8 Å². The summed E-state index contributed by atoms with van der Waals surface area (Å²) in [5.41, 5.74) is 1.60. The van der Waals surface area contributed by atoms with Crippen molar-refractivity contribution in [3.8, 4) is 5.88 Å². The summed E-state index contributed by atoms with van der Waals surface area (Å²) in [6.07, 6.45) is 2.73. The number of aromatic nitrogens is 1. The van der Waals surface area contributed by atoms with Crippen LogP contribution in [0.25, 0.3) is 0 Å². The number of halogens is 2. The normalized spacial score (nSPS) is 18.1. The van der Waals surface area contributed by atoms with E-state index in [1.807, 2.05) is 6.92 Å². The molecule has 0 N–H and O–H groups in total. The Bertz CT molecular complexity index is 524. The zero-order chi connectivity index (χ0) is 16.2. The first kappa shape index (κ1) is 16.6. The van der Waals surface area contributed by atoms with Crippen LogP contribution in [0.2, 0.25) is 0 Å². The summed E-state index contributed by atoms with van der Waals surface area (Å²) in [5, 5.41) is 10.7. The third kappa shape index (κ3) is 4.15. The number of hydrogen-bond donors (Lipinski definition) is 0. The second-order valence-electron chi connectivity index (χ2n) is 5.77. The van der Waals surface area contributed by atoms with Gasteiger partial charge in [0, 0.05) is 19.0 Å². The van der Waals surface area contributed by atoms with Gasteiger partial charge in [-0.15, -0.1) is 0 Å². The largest absolute Gasteiger partial charge is 0.496 e. The Balaban J connectivity index is 2.27. The number of hydrogen-bond acceptors (Lipinski definition) is 4. The molecule has 0 radical (unpaired) electrons. The molecule has 0 unspecified atom stereocenters. The highest BCUT2D eigenvalue weighted by Crippen LogP contribution is 2.42. The van der Waals surface area contributed by atoms with Crippen molar-refractivity contribution in [1.29, 1.82) is 0 Å². The van der Waals surface area contributed by atoms with Crippen LogP contribution < -0.4 is 9.84 Å². The molecule has 0 aliphatic heterocycles. The third-order valence-corrected chi connectivity index (χ3v) is 4.17. The number of rotatable bonds is 5. The van der Waals surface area contributed by atoms with E-state index in [1.165, 1.54) is 6.20 Å². The van der Waals surface area contributed by atoms with Crippen LogP contribution in [-0.4, -0.2) is 17.1 Å². The summed E-state index contributed by atoms with van der Waals surface area (Å²) in [4.78, 5) is 14.7. The van der Waals surface area contributed by atoms with Gasteiger partial charge in [0.25, 0.3) is 6.16 Å². The van der Waals surface area contributed by atoms with Crippen molar-refractivity contribution in [1.82, 2.24) is 4.98 Å². The molecular formula is C16H20F2NO3-. The lowest BCUT2D eigenvalue weighted by Crippen LogP contribution is -2.28. The maximum atomic E-state index is 13.3. The molecule has 1 aromatic rings. The van der Waals surface area contributed by atoms with Gasteiger partial charge >= 0.3 is 0 Å². The average molecular weight is 312 g/mol. The van der Waals surface area contributed by atoms with Crippen LogP contribution in [0.3, 0.4) is 0 Å². The molecule has 0 amide bonds. The number of carboxylic acid groups (broad SMARTS) is 1. The summed E-state index contributed by atoms with van der Waals surface area (Å²) in [7, 11) is 0. The lowest BCUT2D eigenvalue weighted by Gasteiger charge is -2.30. The second kappa shape index (κ2) is 7.03. The topological polar surface area (TPSA) is 62.2 Å². The first-order valence-electron chi connectivity index (χ1n) is 7.67. The average Bonchev–Trinajstić information content (AvgIpc) is 2.45. The van der Waals surface area contributed by atoms with Crippen LogP contribution in [0.15, 0.2) is 12.3 Å². The SMILES string of the molecule is CCCCc1c(C2CCC(F)(F)CC2)ccnc1OC(=O)[O-]. The molecule has 2 rings (SSSR count). The van der Waals surface area contributed by atoms with Gasteiger partial charge in [-0.3, -0.25) is 0 Å². The molecule has 1 aromatic heterocycles.